The molecule has 3 N–H and O–H groups in total. The highest BCUT2D eigenvalue weighted by atomic mass is 19.4. The first kappa shape index (κ1) is 13.9. The molecule has 9 nitrogen and oxygen atoms in total. The molecule has 108 valence electrons. The number of alkyl halides is 3. The Hall–Kier alpha value is -2.50. The fourth-order valence-electron chi connectivity index (χ4n) is 1.41. The summed E-state index contributed by atoms with van der Waals surface area (Å²) in [5, 5.41) is 14.2. The number of nitrogens with one attached hydrogen (secondary N) is 1. The number of ether oxygens (including phenoxy) is 1. The second kappa shape index (κ2) is 4.88. The number of nitrogens with two attached hydrogens (primary N) is 1. The van der Waals surface area contributed by atoms with Gasteiger partial charge in [-0.15, -0.1) is 18.3 Å². The SMILES string of the molecule is N=C(N)c1ncn2c(=O)n(CCOC(F)(F)F)nnc12. The number of hydrogen-bond donors (Lipinski definition) is 2. The lowest BCUT2D eigenvalue weighted by Gasteiger charge is -2.07. The number of imidazole rings is 1. The molecule has 0 saturated carbocycles. The number of hydrogen-bond acceptors (Lipinski definition) is 6. The number of amidine groups is 1. The summed E-state index contributed by atoms with van der Waals surface area (Å²) in [6.07, 6.45) is -3.72. The number of rotatable bonds is 4. The molecule has 0 unspecified atom stereocenters. The van der Waals surface area contributed by atoms with Crippen LogP contribution in [-0.2, 0) is 11.3 Å². The Kier molecular flexibility index (Phi) is 3.40. The molecule has 0 spiro atoms. The molecule has 0 saturated heterocycles. The second-order valence-electron chi connectivity index (χ2n) is 3.59. The molecule has 2 aromatic rings. The zero-order valence-corrected chi connectivity index (χ0v) is 9.76. The molecule has 0 aliphatic carbocycles. The molecule has 20 heavy (non-hydrogen) atoms. The molecule has 2 rings (SSSR count). The molecule has 0 aromatic carbocycles. The van der Waals surface area contributed by atoms with Crippen LogP contribution in [0.3, 0.4) is 0 Å². The molecular formula is C8H8F3N7O2. The predicted molar refractivity (Wildman–Crippen MR) is 58.1 cm³/mol. The molecule has 12 heteroatoms. The van der Waals surface area contributed by atoms with E-state index >= 15 is 0 Å². The minimum absolute atomic E-state index is 0.0340. The van der Waals surface area contributed by atoms with Gasteiger partial charge in [0.25, 0.3) is 0 Å². The van der Waals surface area contributed by atoms with Crippen molar-refractivity contribution in [3.63, 3.8) is 0 Å². The Labute approximate surface area is 108 Å². The van der Waals surface area contributed by atoms with Gasteiger partial charge in [-0.2, -0.15) is 4.68 Å². The Bertz CT molecular complexity index is 704. The van der Waals surface area contributed by atoms with Gasteiger partial charge in [0.2, 0.25) is 0 Å². The summed E-state index contributed by atoms with van der Waals surface area (Å²) in [6, 6.07) is 0. The summed E-state index contributed by atoms with van der Waals surface area (Å²) < 4.78 is 40.6. The quantitative estimate of drug-likeness (QED) is 0.556. The minimum atomic E-state index is -4.78. The lowest BCUT2D eigenvalue weighted by molar-refractivity contribution is -0.325. The van der Waals surface area contributed by atoms with E-state index in [1.54, 1.807) is 0 Å². The van der Waals surface area contributed by atoms with Crippen LogP contribution in [0.4, 0.5) is 13.2 Å². The molecule has 0 radical (unpaired) electrons. The Balaban J connectivity index is 2.27. The smallest absolute Gasteiger partial charge is 0.382 e. The number of fused-ring (bicyclic) bond motifs is 1. The highest BCUT2D eigenvalue weighted by molar-refractivity contribution is 5.98. The number of halogens is 3. The molecule has 0 aliphatic rings. The summed E-state index contributed by atoms with van der Waals surface area (Å²) in [6.45, 7) is -1.22. The van der Waals surface area contributed by atoms with E-state index in [0.717, 1.165) is 10.7 Å². The van der Waals surface area contributed by atoms with Crippen molar-refractivity contribution in [1.29, 1.82) is 5.41 Å². The Morgan fingerprint density at radius 3 is 2.80 bits per heavy atom. The van der Waals surface area contributed by atoms with Crippen LogP contribution >= 0.6 is 0 Å². The predicted octanol–water partition coefficient (Wildman–Crippen LogP) is -0.894. The number of nitrogens with zero attached hydrogens (tertiary/aromatic N) is 5. The van der Waals surface area contributed by atoms with Crippen LogP contribution in [0.1, 0.15) is 5.69 Å². The fraction of sp³-hybridized carbons (Fsp3) is 0.375. The van der Waals surface area contributed by atoms with Gasteiger partial charge in [0.1, 0.15) is 12.2 Å². The van der Waals surface area contributed by atoms with Gasteiger partial charge in [0.15, 0.2) is 11.3 Å². The number of aromatic nitrogens is 5. The summed E-state index contributed by atoms with van der Waals surface area (Å²) in [5.41, 5.74) is 4.38. The highest BCUT2D eigenvalue weighted by Crippen LogP contribution is 2.15. The maximum atomic E-state index is 11.9. The third kappa shape index (κ3) is 2.74. The van der Waals surface area contributed by atoms with Crippen LogP contribution in [0.5, 0.6) is 0 Å². The third-order valence-electron chi connectivity index (χ3n) is 2.24. The third-order valence-corrected chi connectivity index (χ3v) is 2.24. The molecule has 0 fully saturated rings. The lowest BCUT2D eigenvalue weighted by Crippen LogP contribution is -2.32. The van der Waals surface area contributed by atoms with Crippen molar-refractivity contribution < 1.29 is 17.9 Å². The van der Waals surface area contributed by atoms with Crippen molar-refractivity contribution in [3.8, 4) is 0 Å². The largest absolute Gasteiger partial charge is 0.522 e. The molecule has 0 bridgehead atoms. The zero-order chi connectivity index (χ0) is 14.9. The summed E-state index contributed by atoms with van der Waals surface area (Å²) >= 11 is 0. The maximum Gasteiger partial charge on any atom is 0.522 e. The second-order valence-corrected chi connectivity index (χ2v) is 3.59. The van der Waals surface area contributed by atoms with Crippen LogP contribution in [0.2, 0.25) is 0 Å². The number of nitrogen functional groups attached to an aromatic ring is 1. The topological polar surface area (TPSA) is 124 Å². The molecule has 0 aliphatic heterocycles. The van der Waals surface area contributed by atoms with Crippen LogP contribution in [0.25, 0.3) is 5.65 Å². The van der Waals surface area contributed by atoms with E-state index in [4.69, 9.17) is 11.1 Å². The van der Waals surface area contributed by atoms with E-state index in [1.165, 1.54) is 0 Å². The Morgan fingerprint density at radius 1 is 1.50 bits per heavy atom. The molecule has 0 atom stereocenters. The standard InChI is InChI=1S/C8H8F3N7O2/c9-8(10,11)20-2-1-18-7(19)17-3-14-4(5(12)13)6(17)15-16-18/h3H,1-2H2,(H3,12,13). The maximum absolute atomic E-state index is 11.9. The van der Waals surface area contributed by atoms with Crippen molar-refractivity contribution in [3.05, 3.63) is 22.5 Å². The summed E-state index contributed by atoms with van der Waals surface area (Å²) in [4.78, 5) is 15.6. The average Bonchev–Trinajstić information content (AvgIpc) is 2.75. The van der Waals surface area contributed by atoms with Gasteiger partial charge < -0.3 is 5.73 Å². The van der Waals surface area contributed by atoms with Crippen LogP contribution in [0.15, 0.2) is 11.1 Å². The zero-order valence-electron chi connectivity index (χ0n) is 9.76. The van der Waals surface area contributed by atoms with Gasteiger partial charge in [0, 0.05) is 0 Å². The van der Waals surface area contributed by atoms with Crippen molar-refractivity contribution in [1.82, 2.24) is 24.4 Å². The average molecular weight is 291 g/mol. The first-order valence-corrected chi connectivity index (χ1v) is 5.15. The van der Waals surface area contributed by atoms with E-state index in [-0.39, 0.29) is 11.3 Å². The van der Waals surface area contributed by atoms with Gasteiger partial charge in [-0.1, -0.05) is 5.21 Å². The highest BCUT2D eigenvalue weighted by Gasteiger charge is 2.28. The summed E-state index contributed by atoms with van der Waals surface area (Å²) in [7, 11) is 0. The normalized spacial score (nSPS) is 11.9. The van der Waals surface area contributed by atoms with Crippen LogP contribution in [-0.4, -0.2) is 43.2 Å². The molecule has 0 amide bonds. The monoisotopic (exact) mass is 291 g/mol. The first-order chi connectivity index (χ1) is 9.29. The van der Waals surface area contributed by atoms with Gasteiger partial charge >= 0.3 is 12.1 Å². The molecule has 2 aromatic heterocycles. The van der Waals surface area contributed by atoms with E-state index < -0.39 is 31.0 Å². The fourth-order valence-corrected chi connectivity index (χ4v) is 1.41. The van der Waals surface area contributed by atoms with Gasteiger partial charge in [0.05, 0.1) is 13.2 Å². The molecular weight excluding hydrogens is 283 g/mol. The van der Waals surface area contributed by atoms with Crippen molar-refractivity contribution in [2.75, 3.05) is 6.61 Å². The van der Waals surface area contributed by atoms with E-state index in [2.05, 4.69) is 20.0 Å². The van der Waals surface area contributed by atoms with Crippen LogP contribution in [0, 0.1) is 5.41 Å². The Morgan fingerprint density at radius 2 is 2.20 bits per heavy atom. The van der Waals surface area contributed by atoms with Gasteiger partial charge in [-0.3, -0.25) is 10.1 Å². The van der Waals surface area contributed by atoms with Gasteiger partial charge in [-0.25, -0.2) is 14.2 Å². The first-order valence-electron chi connectivity index (χ1n) is 5.15. The van der Waals surface area contributed by atoms with E-state index in [9.17, 15) is 18.0 Å². The minimum Gasteiger partial charge on any atom is -0.382 e. The van der Waals surface area contributed by atoms with Gasteiger partial charge in [-0.05, 0) is 0 Å². The lowest BCUT2D eigenvalue weighted by atomic mass is 10.4. The summed E-state index contributed by atoms with van der Waals surface area (Å²) in [5.74, 6) is -0.403. The van der Waals surface area contributed by atoms with Crippen LogP contribution < -0.4 is 11.4 Å². The molecule has 2 heterocycles. The van der Waals surface area contributed by atoms with Crippen molar-refractivity contribution in [2.45, 2.75) is 12.9 Å². The van der Waals surface area contributed by atoms with Crippen molar-refractivity contribution in [2.24, 2.45) is 5.73 Å². The van der Waals surface area contributed by atoms with Crippen molar-refractivity contribution >= 4 is 11.5 Å². The van der Waals surface area contributed by atoms with E-state index in [0.29, 0.717) is 4.68 Å². The van der Waals surface area contributed by atoms with E-state index in [1.807, 2.05) is 0 Å².